The van der Waals surface area contributed by atoms with E-state index in [1.165, 1.54) is 5.57 Å². The van der Waals surface area contributed by atoms with Crippen molar-refractivity contribution in [3.8, 4) is 0 Å². The van der Waals surface area contributed by atoms with Crippen molar-refractivity contribution >= 4 is 21.7 Å². The van der Waals surface area contributed by atoms with Gasteiger partial charge in [0.1, 0.15) is 0 Å². The van der Waals surface area contributed by atoms with Crippen LogP contribution < -0.4 is 10.6 Å². The average Bonchev–Trinajstić information content (AvgIpc) is 2.86. The second-order valence-corrected chi connectivity index (χ2v) is 10.5. The third kappa shape index (κ3) is 5.31. The molecular weight excluding hydrogens is 366 g/mol. The van der Waals surface area contributed by atoms with Gasteiger partial charge >= 0.3 is 0 Å². The van der Waals surface area contributed by atoms with Crippen LogP contribution in [-0.4, -0.2) is 68.9 Å². The molecule has 1 saturated carbocycles. The van der Waals surface area contributed by atoms with Crippen molar-refractivity contribution in [2.75, 3.05) is 31.6 Å². The van der Waals surface area contributed by atoms with Crippen molar-refractivity contribution in [1.29, 1.82) is 0 Å². The van der Waals surface area contributed by atoms with Gasteiger partial charge in [0.15, 0.2) is 9.84 Å². The van der Waals surface area contributed by atoms with Crippen molar-refractivity contribution in [2.24, 2.45) is 11.8 Å². The van der Waals surface area contributed by atoms with Crippen LogP contribution in [0.15, 0.2) is 11.6 Å². The second-order valence-electron chi connectivity index (χ2n) is 8.38. The highest BCUT2D eigenvalue weighted by Crippen LogP contribution is 2.29. The standard InChI is InChI=1S/C19H31N3O4S/c1-13(15-6-8-22(2)9-7-15)20-19(24)16-11-27(25,26)12-17(16)21-18(23)10-14-4-3-5-14/h6,13-14,16-17H,3-5,7-12H2,1-2H3,(H,20,24)(H,21,23)/t13?,16-,17-/m1/s1. The normalized spacial score (nSPS) is 29.5. The van der Waals surface area contributed by atoms with E-state index < -0.39 is 21.8 Å². The van der Waals surface area contributed by atoms with Crippen LogP contribution >= 0.6 is 0 Å². The molecule has 2 aliphatic heterocycles. The lowest BCUT2D eigenvalue weighted by Gasteiger charge is -2.28. The lowest BCUT2D eigenvalue weighted by atomic mass is 9.83. The van der Waals surface area contributed by atoms with Crippen LogP contribution in [0.25, 0.3) is 0 Å². The van der Waals surface area contributed by atoms with Gasteiger partial charge < -0.3 is 15.5 Å². The van der Waals surface area contributed by atoms with Crippen molar-refractivity contribution in [3.05, 3.63) is 11.6 Å². The van der Waals surface area contributed by atoms with Crippen molar-refractivity contribution in [3.63, 3.8) is 0 Å². The van der Waals surface area contributed by atoms with Gasteiger partial charge in [-0.1, -0.05) is 12.5 Å². The summed E-state index contributed by atoms with van der Waals surface area (Å²) in [4.78, 5) is 27.2. The zero-order valence-corrected chi connectivity index (χ0v) is 17.1. The quantitative estimate of drug-likeness (QED) is 0.636. The van der Waals surface area contributed by atoms with Gasteiger partial charge in [0.2, 0.25) is 11.8 Å². The highest BCUT2D eigenvalue weighted by Gasteiger charge is 2.43. The highest BCUT2D eigenvalue weighted by molar-refractivity contribution is 7.91. The summed E-state index contributed by atoms with van der Waals surface area (Å²) in [6, 6.07) is -0.748. The SMILES string of the molecule is CC(NC(=O)[C@@H]1CS(=O)(=O)C[C@H]1NC(=O)CC1CCC1)C1=CCN(C)CC1. The first kappa shape index (κ1) is 20.3. The van der Waals surface area contributed by atoms with Gasteiger partial charge in [0.25, 0.3) is 0 Å². The molecule has 1 aliphatic carbocycles. The lowest BCUT2D eigenvalue weighted by Crippen LogP contribution is -2.49. The molecule has 0 aromatic heterocycles. The van der Waals surface area contributed by atoms with Crippen LogP contribution in [-0.2, 0) is 19.4 Å². The van der Waals surface area contributed by atoms with E-state index in [0.717, 1.165) is 38.8 Å². The number of carbonyl (C=O) groups excluding carboxylic acids is 2. The van der Waals surface area contributed by atoms with E-state index >= 15 is 0 Å². The molecule has 0 aromatic rings. The number of nitrogens with one attached hydrogen (secondary N) is 2. The van der Waals surface area contributed by atoms with Gasteiger partial charge in [-0.15, -0.1) is 0 Å². The fraction of sp³-hybridized carbons (Fsp3) is 0.789. The topological polar surface area (TPSA) is 95.6 Å². The Kier molecular flexibility index (Phi) is 6.25. The van der Waals surface area contributed by atoms with Crippen LogP contribution in [0, 0.1) is 11.8 Å². The molecule has 2 amide bonds. The number of rotatable bonds is 6. The summed E-state index contributed by atoms with van der Waals surface area (Å²) in [5.74, 6) is -1.06. The van der Waals surface area contributed by atoms with Crippen LogP contribution in [0.3, 0.4) is 0 Å². The van der Waals surface area contributed by atoms with Gasteiger partial charge in [-0.25, -0.2) is 8.42 Å². The molecule has 0 aromatic carbocycles. The van der Waals surface area contributed by atoms with Gasteiger partial charge in [-0.05, 0) is 44.7 Å². The van der Waals surface area contributed by atoms with E-state index in [2.05, 4.69) is 28.7 Å². The summed E-state index contributed by atoms with van der Waals surface area (Å²) in [6.07, 6.45) is 6.72. The molecule has 3 aliphatic rings. The number of sulfone groups is 1. The van der Waals surface area contributed by atoms with Crippen molar-refractivity contribution in [2.45, 2.75) is 51.1 Å². The number of hydrogen-bond acceptors (Lipinski definition) is 5. The monoisotopic (exact) mass is 397 g/mol. The molecule has 1 unspecified atom stereocenters. The first-order valence-corrected chi connectivity index (χ1v) is 11.7. The number of carbonyl (C=O) groups is 2. The van der Waals surface area contributed by atoms with Crippen molar-refractivity contribution < 1.29 is 18.0 Å². The molecule has 152 valence electrons. The van der Waals surface area contributed by atoms with Gasteiger partial charge in [0, 0.05) is 25.6 Å². The summed E-state index contributed by atoms with van der Waals surface area (Å²) >= 11 is 0. The lowest BCUT2D eigenvalue weighted by molar-refractivity contribution is -0.126. The first-order chi connectivity index (χ1) is 12.7. The minimum atomic E-state index is -3.32. The van der Waals surface area contributed by atoms with E-state index in [4.69, 9.17) is 0 Å². The summed E-state index contributed by atoms with van der Waals surface area (Å²) in [7, 11) is -1.27. The predicted molar refractivity (Wildman–Crippen MR) is 104 cm³/mol. The Hall–Kier alpha value is -1.41. The zero-order valence-electron chi connectivity index (χ0n) is 16.2. The zero-order chi connectivity index (χ0) is 19.6. The Morgan fingerprint density at radius 1 is 1.30 bits per heavy atom. The van der Waals surface area contributed by atoms with Crippen molar-refractivity contribution in [1.82, 2.24) is 15.5 Å². The Bertz CT molecular complexity index is 714. The molecule has 2 fully saturated rings. The van der Waals surface area contributed by atoms with Crippen LogP contribution in [0.5, 0.6) is 0 Å². The maximum atomic E-state index is 12.8. The summed E-state index contributed by atoms with van der Waals surface area (Å²) in [5.41, 5.74) is 1.17. The van der Waals surface area contributed by atoms with E-state index in [1.54, 1.807) is 0 Å². The molecule has 0 radical (unpaired) electrons. The van der Waals surface area contributed by atoms with Crippen LogP contribution in [0.2, 0.25) is 0 Å². The molecule has 3 atom stereocenters. The molecule has 2 heterocycles. The Morgan fingerprint density at radius 2 is 2.04 bits per heavy atom. The van der Waals surface area contributed by atoms with E-state index in [9.17, 15) is 18.0 Å². The molecule has 27 heavy (non-hydrogen) atoms. The number of amides is 2. The highest BCUT2D eigenvalue weighted by atomic mass is 32.2. The molecule has 0 spiro atoms. The van der Waals surface area contributed by atoms with Gasteiger partial charge in [0.05, 0.1) is 23.5 Å². The smallest absolute Gasteiger partial charge is 0.226 e. The molecule has 1 saturated heterocycles. The number of nitrogens with zero attached hydrogens (tertiary/aromatic N) is 1. The van der Waals surface area contributed by atoms with Gasteiger partial charge in [-0.3, -0.25) is 9.59 Å². The molecule has 3 rings (SSSR count). The summed E-state index contributed by atoms with van der Waals surface area (Å²) in [5, 5.41) is 5.79. The van der Waals surface area contributed by atoms with E-state index in [-0.39, 0.29) is 29.4 Å². The fourth-order valence-corrected chi connectivity index (χ4v) is 6.00. The molecular formula is C19H31N3O4S. The maximum Gasteiger partial charge on any atom is 0.226 e. The maximum absolute atomic E-state index is 12.8. The summed E-state index contributed by atoms with van der Waals surface area (Å²) in [6.45, 7) is 3.74. The van der Waals surface area contributed by atoms with Gasteiger partial charge in [-0.2, -0.15) is 0 Å². The van der Waals surface area contributed by atoms with Crippen LogP contribution in [0.4, 0.5) is 0 Å². The van der Waals surface area contributed by atoms with Crippen LogP contribution in [0.1, 0.15) is 39.0 Å². The Balaban J connectivity index is 1.59. The second kappa shape index (κ2) is 8.31. The first-order valence-electron chi connectivity index (χ1n) is 9.91. The largest absolute Gasteiger partial charge is 0.352 e. The number of likely N-dealkylation sites (N-methyl/N-ethyl adjacent to an activating group) is 1. The van der Waals surface area contributed by atoms with E-state index in [1.807, 2.05) is 6.92 Å². The molecule has 2 N–H and O–H groups in total. The summed E-state index contributed by atoms with van der Waals surface area (Å²) < 4.78 is 24.2. The minimum absolute atomic E-state index is 0.124. The third-order valence-corrected chi connectivity index (χ3v) is 7.83. The molecule has 0 bridgehead atoms. The average molecular weight is 398 g/mol. The Labute approximate surface area is 161 Å². The Morgan fingerprint density at radius 3 is 2.63 bits per heavy atom. The third-order valence-electron chi connectivity index (χ3n) is 6.10. The predicted octanol–water partition coefficient (Wildman–Crippen LogP) is 0.473. The minimum Gasteiger partial charge on any atom is -0.352 e. The molecule has 8 heteroatoms. The fourth-order valence-electron chi connectivity index (χ4n) is 4.07. The molecule has 7 nitrogen and oxygen atoms in total. The number of hydrogen-bond donors (Lipinski definition) is 2. The van der Waals surface area contributed by atoms with E-state index in [0.29, 0.717) is 12.3 Å².